The van der Waals surface area contributed by atoms with Crippen LogP contribution < -0.4 is 5.32 Å². The Labute approximate surface area is 116 Å². The summed E-state index contributed by atoms with van der Waals surface area (Å²) in [6.07, 6.45) is 7.41. The first kappa shape index (κ1) is 14.8. The molecule has 2 rings (SSSR count). The molecule has 2 aliphatic rings. The molecule has 4 nitrogen and oxygen atoms in total. The predicted molar refractivity (Wildman–Crippen MR) is 75.8 cm³/mol. The highest BCUT2D eigenvalue weighted by Gasteiger charge is 2.42. The minimum atomic E-state index is 0.0391. The van der Waals surface area contributed by atoms with Crippen LogP contribution in [0, 0.1) is 5.92 Å². The zero-order valence-corrected chi connectivity index (χ0v) is 12.4. The molecule has 1 N–H and O–H groups in total. The van der Waals surface area contributed by atoms with E-state index in [9.17, 15) is 4.79 Å². The standard InChI is InChI=1S/C15H28N2O2/c1-3-7-13-15(18)17(10-11-19-4-2)14(16-13)12-8-5-6-9-12/h12-14,16H,3-11H2,1-2H3. The van der Waals surface area contributed by atoms with Gasteiger partial charge in [-0.25, -0.2) is 0 Å². The van der Waals surface area contributed by atoms with E-state index in [4.69, 9.17) is 4.74 Å². The van der Waals surface area contributed by atoms with E-state index >= 15 is 0 Å². The third-order valence-corrected chi connectivity index (χ3v) is 4.39. The van der Waals surface area contributed by atoms with E-state index in [1.54, 1.807) is 0 Å². The lowest BCUT2D eigenvalue weighted by molar-refractivity contribution is -0.131. The van der Waals surface area contributed by atoms with Crippen LogP contribution in [0.2, 0.25) is 0 Å². The van der Waals surface area contributed by atoms with Crippen molar-refractivity contribution in [3.63, 3.8) is 0 Å². The monoisotopic (exact) mass is 268 g/mol. The van der Waals surface area contributed by atoms with E-state index in [1.807, 2.05) is 11.8 Å². The maximum atomic E-state index is 12.5. The summed E-state index contributed by atoms with van der Waals surface area (Å²) in [4.78, 5) is 14.5. The van der Waals surface area contributed by atoms with Crippen molar-refractivity contribution in [1.29, 1.82) is 0 Å². The summed E-state index contributed by atoms with van der Waals surface area (Å²) in [6, 6.07) is 0.0391. The first-order valence-electron chi connectivity index (χ1n) is 7.92. The minimum absolute atomic E-state index is 0.0391. The molecule has 1 aliphatic heterocycles. The Kier molecular flexibility index (Phi) is 5.64. The highest BCUT2D eigenvalue weighted by atomic mass is 16.5. The predicted octanol–water partition coefficient (Wildman–Crippen LogP) is 2.14. The number of nitrogens with one attached hydrogen (secondary N) is 1. The Hall–Kier alpha value is -0.610. The summed E-state index contributed by atoms with van der Waals surface area (Å²) in [7, 11) is 0. The molecule has 1 saturated carbocycles. The molecule has 1 amide bonds. The number of hydrogen-bond acceptors (Lipinski definition) is 3. The van der Waals surface area contributed by atoms with Crippen LogP contribution in [0.5, 0.6) is 0 Å². The summed E-state index contributed by atoms with van der Waals surface area (Å²) in [5.41, 5.74) is 0. The molecule has 19 heavy (non-hydrogen) atoms. The van der Waals surface area contributed by atoms with Crippen molar-refractivity contribution >= 4 is 5.91 Å². The van der Waals surface area contributed by atoms with Gasteiger partial charge in [-0.1, -0.05) is 26.2 Å². The van der Waals surface area contributed by atoms with E-state index in [2.05, 4.69) is 12.2 Å². The molecule has 0 aromatic carbocycles. The summed E-state index contributed by atoms with van der Waals surface area (Å²) in [5.74, 6) is 0.936. The van der Waals surface area contributed by atoms with Gasteiger partial charge in [0.2, 0.25) is 5.91 Å². The fraction of sp³-hybridized carbons (Fsp3) is 0.933. The molecule has 2 atom stereocenters. The fourth-order valence-electron chi connectivity index (χ4n) is 3.42. The van der Waals surface area contributed by atoms with Crippen molar-refractivity contribution in [1.82, 2.24) is 10.2 Å². The van der Waals surface area contributed by atoms with Gasteiger partial charge in [0.1, 0.15) is 0 Å². The number of carbonyl (C=O) groups is 1. The van der Waals surface area contributed by atoms with E-state index in [0.29, 0.717) is 18.4 Å². The first-order chi connectivity index (χ1) is 9.27. The molecule has 110 valence electrons. The quantitative estimate of drug-likeness (QED) is 0.719. The Bertz CT molecular complexity index is 290. The number of ether oxygens (including phenoxy) is 1. The van der Waals surface area contributed by atoms with Gasteiger partial charge in [-0.2, -0.15) is 0 Å². The van der Waals surface area contributed by atoms with Crippen LogP contribution in [-0.2, 0) is 9.53 Å². The number of nitrogens with zero attached hydrogens (tertiary/aromatic N) is 1. The molecule has 1 aliphatic carbocycles. The van der Waals surface area contributed by atoms with Gasteiger partial charge in [0.05, 0.1) is 18.8 Å². The smallest absolute Gasteiger partial charge is 0.241 e. The zero-order chi connectivity index (χ0) is 13.7. The number of rotatable bonds is 7. The third kappa shape index (κ3) is 3.48. The highest BCUT2D eigenvalue weighted by molar-refractivity contribution is 5.84. The van der Waals surface area contributed by atoms with E-state index < -0.39 is 0 Å². The van der Waals surface area contributed by atoms with Crippen LogP contribution in [0.1, 0.15) is 52.4 Å². The topological polar surface area (TPSA) is 41.6 Å². The molecular formula is C15H28N2O2. The van der Waals surface area contributed by atoms with Crippen molar-refractivity contribution in [3.05, 3.63) is 0 Å². The van der Waals surface area contributed by atoms with Gasteiger partial charge >= 0.3 is 0 Å². The zero-order valence-electron chi connectivity index (χ0n) is 12.4. The average molecular weight is 268 g/mol. The second-order valence-corrected chi connectivity index (χ2v) is 5.73. The lowest BCUT2D eigenvalue weighted by Gasteiger charge is -2.28. The van der Waals surface area contributed by atoms with Gasteiger partial charge in [0.25, 0.3) is 0 Å². The summed E-state index contributed by atoms with van der Waals surface area (Å²) < 4.78 is 5.43. The normalized spacial score (nSPS) is 28.5. The molecule has 1 heterocycles. The van der Waals surface area contributed by atoms with Crippen LogP contribution in [0.4, 0.5) is 0 Å². The van der Waals surface area contributed by atoms with Crippen molar-refractivity contribution in [3.8, 4) is 0 Å². The molecule has 2 unspecified atom stereocenters. The SMILES string of the molecule is CCCC1NC(C2CCCC2)N(CCOCC)C1=O. The van der Waals surface area contributed by atoms with Crippen molar-refractivity contribution in [2.45, 2.75) is 64.6 Å². The van der Waals surface area contributed by atoms with Crippen molar-refractivity contribution in [2.24, 2.45) is 5.92 Å². The average Bonchev–Trinajstić information content (AvgIpc) is 3.02. The van der Waals surface area contributed by atoms with Crippen molar-refractivity contribution < 1.29 is 9.53 Å². The van der Waals surface area contributed by atoms with E-state index in [-0.39, 0.29) is 12.2 Å². The van der Waals surface area contributed by atoms with Crippen molar-refractivity contribution in [2.75, 3.05) is 19.8 Å². The lowest BCUT2D eigenvalue weighted by atomic mass is 10.0. The van der Waals surface area contributed by atoms with Crippen LogP contribution in [-0.4, -0.2) is 42.8 Å². The van der Waals surface area contributed by atoms with Gasteiger partial charge < -0.3 is 9.64 Å². The summed E-state index contributed by atoms with van der Waals surface area (Å²) in [6.45, 7) is 6.26. The number of amides is 1. The van der Waals surface area contributed by atoms with Gasteiger partial charge in [-0.3, -0.25) is 10.1 Å². The number of hydrogen-bond donors (Lipinski definition) is 1. The summed E-state index contributed by atoms with van der Waals surface area (Å²) >= 11 is 0. The molecule has 0 bridgehead atoms. The molecule has 2 fully saturated rings. The molecule has 0 aromatic heterocycles. The van der Waals surface area contributed by atoms with Gasteiger partial charge in [-0.05, 0) is 32.1 Å². The van der Waals surface area contributed by atoms with Gasteiger partial charge in [-0.15, -0.1) is 0 Å². The molecule has 0 radical (unpaired) electrons. The molecule has 0 spiro atoms. The van der Waals surface area contributed by atoms with Crippen LogP contribution in [0.15, 0.2) is 0 Å². The molecular weight excluding hydrogens is 240 g/mol. The molecule has 4 heteroatoms. The van der Waals surface area contributed by atoms with Gasteiger partial charge in [0, 0.05) is 13.2 Å². The second-order valence-electron chi connectivity index (χ2n) is 5.73. The Morgan fingerprint density at radius 1 is 1.32 bits per heavy atom. The molecule has 1 saturated heterocycles. The molecule has 0 aromatic rings. The van der Waals surface area contributed by atoms with Crippen LogP contribution in [0.3, 0.4) is 0 Å². The van der Waals surface area contributed by atoms with Crippen LogP contribution >= 0.6 is 0 Å². The first-order valence-corrected chi connectivity index (χ1v) is 7.92. The minimum Gasteiger partial charge on any atom is -0.380 e. The van der Waals surface area contributed by atoms with E-state index in [0.717, 1.165) is 26.0 Å². The Balaban J connectivity index is 1.97. The third-order valence-electron chi connectivity index (χ3n) is 4.39. The maximum Gasteiger partial charge on any atom is 0.241 e. The summed E-state index contributed by atoms with van der Waals surface area (Å²) in [5, 5.41) is 3.58. The van der Waals surface area contributed by atoms with Gasteiger partial charge in [0.15, 0.2) is 0 Å². The van der Waals surface area contributed by atoms with Crippen LogP contribution in [0.25, 0.3) is 0 Å². The number of carbonyl (C=O) groups excluding carboxylic acids is 1. The highest BCUT2D eigenvalue weighted by Crippen LogP contribution is 2.32. The fourth-order valence-corrected chi connectivity index (χ4v) is 3.42. The van der Waals surface area contributed by atoms with E-state index in [1.165, 1.54) is 25.7 Å². The Morgan fingerprint density at radius 2 is 2.05 bits per heavy atom. The second kappa shape index (κ2) is 7.25. The largest absolute Gasteiger partial charge is 0.380 e. The Morgan fingerprint density at radius 3 is 2.68 bits per heavy atom. The maximum absolute atomic E-state index is 12.5. The lowest BCUT2D eigenvalue weighted by Crippen LogP contribution is -2.44.